The fourth-order valence-electron chi connectivity index (χ4n) is 2.52. The Morgan fingerprint density at radius 1 is 1.38 bits per heavy atom. The van der Waals surface area contributed by atoms with Crippen molar-refractivity contribution in [2.45, 2.75) is 39.2 Å². The molecule has 0 spiro atoms. The van der Waals surface area contributed by atoms with Crippen LogP contribution in [0, 0.1) is 5.82 Å². The van der Waals surface area contributed by atoms with Crippen molar-refractivity contribution in [2.24, 2.45) is 0 Å². The Kier molecular flexibility index (Phi) is 3.38. The summed E-state index contributed by atoms with van der Waals surface area (Å²) in [5, 5.41) is 0.233. The van der Waals surface area contributed by atoms with Crippen LogP contribution in [-0.4, -0.2) is 12.6 Å². The van der Waals surface area contributed by atoms with Crippen molar-refractivity contribution in [3.05, 3.63) is 28.5 Å². The highest BCUT2D eigenvalue weighted by atomic mass is 35.5. The molecule has 2 rings (SSSR count). The molecule has 1 aliphatic rings. The summed E-state index contributed by atoms with van der Waals surface area (Å²) in [4.78, 5) is 2.36. The molecule has 0 amide bonds. The Balaban J connectivity index is 2.35. The maximum atomic E-state index is 13.3. The molecule has 0 aliphatic carbocycles. The van der Waals surface area contributed by atoms with E-state index in [0.29, 0.717) is 6.04 Å². The Bertz CT molecular complexity index is 388. The zero-order valence-corrected chi connectivity index (χ0v) is 10.5. The predicted octanol–water partition coefficient (Wildman–Crippen LogP) is 4.03. The molecule has 0 radical (unpaired) electrons. The Morgan fingerprint density at radius 3 is 2.69 bits per heavy atom. The fraction of sp³-hybridized carbons (Fsp3) is 0.538. The molecule has 1 aromatic carbocycles. The number of benzene rings is 1. The first-order valence-electron chi connectivity index (χ1n) is 5.91. The smallest absolute Gasteiger partial charge is 0.142 e. The van der Waals surface area contributed by atoms with Gasteiger partial charge >= 0.3 is 0 Å². The summed E-state index contributed by atoms with van der Waals surface area (Å²) in [5.74, 6) is -0.299. The van der Waals surface area contributed by atoms with Crippen molar-refractivity contribution in [3.63, 3.8) is 0 Å². The van der Waals surface area contributed by atoms with E-state index in [9.17, 15) is 4.39 Å². The van der Waals surface area contributed by atoms with Gasteiger partial charge in [0.15, 0.2) is 0 Å². The van der Waals surface area contributed by atoms with Gasteiger partial charge in [-0.3, -0.25) is 0 Å². The number of hydrogen-bond acceptors (Lipinski definition) is 1. The number of halogens is 2. The third-order valence-corrected chi connectivity index (χ3v) is 3.73. The van der Waals surface area contributed by atoms with E-state index in [4.69, 9.17) is 11.6 Å². The van der Waals surface area contributed by atoms with E-state index in [2.05, 4.69) is 18.7 Å². The number of hydrogen-bond donors (Lipinski definition) is 0. The molecule has 0 aromatic heterocycles. The first-order valence-corrected chi connectivity index (χ1v) is 6.29. The molecule has 1 heterocycles. The Labute approximate surface area is 101 Å². The first-order chi connectivity index (χ1) is 7.67. The van der Waals surface area contributed by atoms with Crippen molar-refractivity contribution in [2.75, 3.05) is 11.4 Å². The monoisotopic (exact) mass is 241 g/mol. The van der Waals surface area contributed by atoms with Crippen LogP contribution in [0.2, 0.25) is 5.02 Å². The minimum Gasteiger partial charge on any atom is -0.368 e. The lowest BCUT2D eigenvalue weighted by molar-refractivity contribution is 0.571. The second-order valence-corrected chi connectivity index (χ2v) is 4.72. The summed E-state index contributed by atoms with van der Waals surface area (Å²) < 4.78 is 13.3. The van der Waals surface area contributed by atoms with Crippen LogP contribution in [0.4, 0.5) is 10.1 Å². The molecule has 1 nitrogen and oxygen atoms in total. The summed E-state index contributed by atoms with van der Waals surface area (Å²) in [7, 11) is 0. The van der Waals surface area contributed by atoms with Gasteiger partial charge in [-0.15, -0.1) is 0 Å². The summed E-state index contributed by atoms with van der Waals surface area (Å²) >= 11 is 5.85. The molecule has 0 N–H and O–H groups in total. The zero-order chi connectivity index (χ0) is 11.7. The second kappa shape index (κ2) is 4.62. The van der Waals surface area contributed by atoms with Crippen LogP contribution in [0.15, 0.2) is 12.1 Å². The maximum absolute atomic E-state index is 13.3. The Morgan fingerprint density at radius 2 is 2.06 bits per heavy atom. The lowest BCUT2D eigenvalue weighted by atomic mass is 10.1. The van der Waals surface area contributed by atoms with Crippen molar-refractivity contribution >= 4 is 17.3 Å². The quantitative estimate of drug-likeness (QED) is 0.772. The first kappa shape index (κ1) is 11.7. The van der Waals surface area contributed by atoms with E-state index in [1.165, 1.54) is 0 Å². The van der Waals surface area contributed by atoms with Crippen LogP contribution in [0.1, 0.15) is 32.3 Å². The number of anilines is 1. The van der Waals surface area contributed by atoms with Gasteiger partial charge in [0.25, 0.3) is 0 Å². The SMILES string of the molecule is CCC(CC)N1CCc2cc(F)c(Cl)cc21. The lowest BCUT2D eigenvalue weighted by Crippen LogP contribution is -2.32. The van der Waals surface area contributed by atoms with Gasteiger partial charge in [0.1, 0.15) is 5.82 Å². The molecule has 88 valence electrons. The molecule has 0 saturated heterocycles. The second-order valence-electron chi connectivity index (χ2n) is 4.31. The third-order valence-electron chi connectivity index (χ3n) is 3.44. The van der Waals surface area contributed by atoms with Gasteiger partial charge in [0.2, 0.25) is 0 Å². The van der Waals surface area contributed by atoms with E-state index in [0.717, 1.165) is 37.1 Å². The molecular weight excluding hydrogens is 225 g/mol. The minimum atomic E-state index is -0.299. The Hall–Kier alpha value is -0.760. The predicted molar refractivity (Wildman–Crippen MR) is 66.8 cm³/mol. The minimum absolute atomic E-state index is 0.233. The van der Waals surface area contributed by atoms with Crippen LogP contribution in [0.3, 0.4) is 0 Å². The van der Waals surface area contributed by atoms with Gasteiger partial charge in [-0.25, -0.2) is 4.39 Å². The van der Waals surface area contributed by atoms with Crippen LogP contribution in [-0.2, 0) is 6.42 Å². The van der Waals surface area contributed by atoms with Crippen molar-refractivity contribution in [1.29, 1.82) is 0 Å². The molecule has 0 bridgehead atoms. The summed E-state index contributed by atoms with van der Waals surface area (Å²) in [6, 6.07) is 3.90. The topological polar surface area (TPSA) is 3.24 Å². The van der Waals surface area contributed by atoms with E-state index >= 15 is 0 Å². The van der Waals surface area contributed by atoms with Gasteiger partial charge in [-0.1, -0.05) is 25.4 Å². The van der Waals surface area contributed by atoms with E-state index in [-0.39, 0.29) is 10.8 Å². The van der Waals surface area contributed by atoms with Crippen LogP contribution in [0.5, 0.6) is 0 Å². The molecule has 0 fully saturated rings. The molecule has 16 heavy (non-hydrogen) atoms. The number of fused-ring (bicyclic) bond motifs is 1. The molecule has 0 unspecified atom stereocenters. The zero-order valence-electron chi connectivity index (χ0n) is 9.76. The highest BCUT2D eigenvalue weighted by Gasteiger charge is 2.25. The van der Waals surface area contributed by atoms with Gasteiger partial charge in [-0.05, 0) is 37.0 Å². The fourth-order valence-corrected chi connectivity index (χ4v) is 2.67. The molecule has 3 heteroatoms. The molecule has 0 saturated carbocycles. The average Bonchev–Trinajstić information content (AvgIpc) is 2.65. The summed E-state index contributed by atoms with van der Waals surface area (Å²) in [5.41, 5.74) is 2.22. The van der Waals surface area contributed by atoms with Crippen LogP contribution in [0.25, 0.3) is 0 Å². The molecule has 0 atom stereocenters. The average molecular weight is 242 g/mol. The standard InChI is InChI=1S/C13H17ClFN/c1-3-10(4-2)16-6-5-9-7-12(15)11(14)8-13(9)16/h7-8,10H,3-6H2,1-2H3. The van der Waals surface area contributed by atoms with Crippen LogP contribution < -0.4 is 4.90 Å². The van der Waals surface area contributed by atoms with Crippen LogP contribution >= 0.6 is 11.6 Å². The highest BCUT2D eigenvalue weighted by molar-refractivity contribution is 6.31. The summed E-state index contributed by atoms with van der Waals surface area (Å²) in [6.07, 6.45) is 3.16. The van der Waals surface area contributed by atoms with Gasteiger partial charge in [-0.2, -0.15) is 0 Å². The van der Waals surface area contributed by atoms with Gasteiger partial charge in [0.05, 0.1) is 5.02 Å². The number of nitrogens with zero attached hydrogens (tertiary/aromatic N) is 1. The maximum Gasteiger partial charge on any atom is 0.142 e. The molecule has 1 aromatic rings. The van der Waals surface area contributed by atoms with E-state index in [1.54, 1.807) is 12.1 Å². The van der Waals surface area contributed by atoms with Crippen molar-refractivity contribution in [1.82, 2.24) is 0 Å². The van der Waals surface area contributed by atoms with Crippen molar-refractivity contribution < 1.29 is 4.39 Å². The van der Waals surface area contributed by atoms with Gasteiger partial charge in [0, 0.05) is 18.3 Å². The molecule has 1 aliphatic heterocycles. The largest absolute Gasteiger partial charge is 0.368 e. The van der Waals surface area contributed by atoms with Gasteiger partial charge < -0.3 is 4.90 Å². The normalized spacial score (nSPS) is 14.7. The third kappa shape index (κ3) is 1.91. The lowest BCUT2D eigenvalue weighted by Gasteiger charge is -2.28. The molecular formula is C13H17ClFN. The van der Waals surface area contributed by atoms with E-state index in [1.807, 2.05) is 0 Å². The van der Waals surface area contributed by atoms with Crippen molar-refractivity contribution in [3.8, 4) is 0 Å². The number of rotatable bonds is 3. The highest BCUT2D eigenvalue weighted by Crippen LogP contribution is 2.34. The summed E-state index contributed by atoms with van der Waals surface area (Å²) in [6.45, 7) is 5.37. The van der Waals surface area contributed by atoms with E-state index < -0.39 is 0 Å².